The molecule has 20 heavy (non-hydrogen) atoms. The van der Waals surface area contributed by atoms with E-state index >= 15 is 0 Å². The van der Waals surface area contributed by atoms with Crippen molar-refractivity contribution in [3.8, 4) is 0 Å². The Balaban J connectivity index is 1.91. The second-order valence-corrected chi connectivity index (χ2v) is 6.47. The van der Waals surface area contributed by atoms with E-state index in [1.165, 1.54) is 57.8 Å². The van der Waals surface area contributed by atoms with Crippen LogP contribution in [-0.4, -0.2) is 5.11 Å². The van der Waals surface area contributed by atoms with Gasteiger partial charge in [-0.3, -0.25) is 0 Å². The topological polar surface area (TPSA) is 33.4 Å². The minimum Gasteiger partial charge on any atom is -0.465 e. The van der Waals surface area contributed by atoms with Crippen LogP contribution in [0.4, 0.5) is 0 Å². The molecule has 0 radical (unpaired) electrons. The van der Waals surface area contributed by atoms with Crippen LogP contribution in [0.5, 0.6) is 0 Å². The molecule has 0 saturated heterocycles. The Hall–Kier alpha value is -0.280. The third-order valence-corrected chi connectivity index (χ3v) is 4.43. The van der Waals surface area contributed by atoms with Crippen molar-refractivity contribution in [2.45, 2.75) is 83.7 Å². The van der Waals surface area contributed by atoms with Crippen molar-refractivity contribution in [2.24, 2.45) is 0 Å². The molecule has 0 aliphatic heterocycles. The van der Waals surface area contributed by atoms with Crippen molar-refractivity contribution in [1.82, 2.24) is 0 Å². The summed E-state index contributed by atoms with van der Waals surface area (Å²) >= 11 is 3.38. The third kappa shape index (κ3) is 7.49. The van der Waals surface area contributed by atoms with Crippen molar-refractivity contribution in [1.29, 1.82) is 0 Å². The van der Waals surface area contributed by atoms with E-state index < -0.39 is 6.10 Å². The maximum atomic E-state index is 9.99. The predicted octanol–water partition coefficient (Wildman–Crippen LogP) is 6.39. The fraction of sp³-hybridized carbons (Fsp3) is 0.765. The number of aliphatic hydroxyl groups is 1. The molecule has 0 bridgehead atoms. The Labute approximate surface area is 132 Å². The molecule has 116 valence electrons. The third-order valence-electron chi connectivity index (χ3n) is 3.78. The number of unbranched alkanes of at least 4 members (excludes halogenated alkanes) is 9. The molecule has 0 aliphatic carbocycles. The van der Waals surface area contributed by atoms with E-state index in [9.17, 15) is 5.11 Å². The van der Waals surface area contributed by atoms with Gasteiger partial charge < -0.3 is 9.52 Å². The quantitative estimate of drug-likeness (QED) is 0.446. The van der Waals surface area contributed by atoms with E-state index in [2.05, 4.69) is 22.9 Å². The van der Waals surface area contributed by atoms with Crippen LogP contribution in [0.3, 0.4) is 0 Å². The van der Waals surface area contributed by atoms with Gasteiger partial charge in [-0.05, 0) is 28.4 Å². The van der Waals surface area contributed by atoms with Crippen LogP contribution in [0.2, 0.25) is 0 Å². The van der Waals surface area contributed by atoms with Crippen LogP contribution in [0, 0.1) is 0 Å². The van der Waals surface area contributed by atoms with Gasteiger partial charge in [0.25, 0.3) is 0 Å². The lowest BCUT2D eigenvalue weighted by Crippen LogP contribution is -1.96. The van der Waals surface area contributed by atoms with Gasteiger partial charge in [-0.1, -0.05) is 71.1 Å². The molecule has 2 nitrogen and oxygen atoms in total. The van der Waals surface area contributed by atoms with Crippen molar-refractivity contribution < 1.29 is 9.52 Å². The SMILES string of the molecule is CCCCCCCCCCCCC(O)c1occc1Br. The summed E-state index contributed by atoms with van der Waals surface area (Å²) in [6.45, 7) is 2.26. The smallest absolute Gasteiger partial charge is 0.146 e. The number of hydrogen-bond acceptors (Lipinski definition) is 2. The second kappa shape index (κ2) is 11.4. The van der Waals surface area contributed by atoms with Gasteiger partial charge in [-0.15, -0.1) is 0 Å². The van der Waals surface area contributed by atoms with E-state index in [4.69, 9.17) is 4.42 Å². The summed E-state index contributed by atoms with van der Waals surface area (Å²) < 4.78 is 6.14. The van der Waals surface area contributed by atoms with Crippen LogP contribution in [0.1, 0.15) is 89.4 Å². The lowest BCUT2D eigenvalue weighted by atomic mass is 10.0. The lowest BCUT2D eigenvalue weighted by Gasteiger charge is -2.08. The van der Waals surface area contributed by atoms with E-state index in [0.717, 1.165) is 17.3 Å². The zero-order valence-electron chi connectivity index (χ0n) is 12.7. The highest BCUT2D eigenvalue weighted by Crippen LogP contribution is 2.28. The minimum absolute atomic E-state index is 0.464. The van der Waals surface area contributed by atoms with Gasteiger partial charge in [0.1, 0.15) is 11.9 Å². The first-order chi connectivity index (χ1) is 9.75. The molecule has 1 N–H and O–H groups in total. The Morgan fingerprint density at radius 1 is 1.00 bits per heavy atom. The maximum absolute atomic E-state index is 9.99. The molecule has 1 unspecified atom stereocenters. The average molecular weight is 345 g/mol. The lowest BCUT2D eigenvalue weighted by molar-refractivity contribution is 0.135. The summed E-state index contributed by atoms with van der Waals surface area (Å²) in [4.78, 5) is 0. The average Bonchev–Trinajstić information content (AvgIpc) is 2.87. The highest BCUT2D eigenvalue weighted by atomic mass is 79.9. The van der Waals surface area contributed by atoms with Gasteiger partial charge in [0, 0.05) is 0 Å². The molecule has 3 heteroatoms. The molecule has 0 fully saturated rings. The van der Waals surface area contributed by atoms with Crippen LogP contribution in [-0.2, 0) is 0 Å². The molecule has 1 aromatic heterocycles. The number of furan rings is 1. The molecule has 0 spiro atoms. The van der Waals surface area contributed by atoms with Gasteiger partial charge in [-0.25, -0.2) is 0 Å². The Kier molecular flexibility index (Phi) is 10.1. The first kappa shape index (κ1) is 17.8. The first-order valence-electron chi connectivity index (χ1n) is 8.16. The maximum Gasteiger partial charge on any atom is 0.146 e. The van der Waals surface area contributed by atoms with Crippen LogP contribution >= 0.6 is 15.9 Å². The van der Waals surface area contributed by atoms with Crippen LogP contribution < -0.4 is 0 Å². The van der Waals surface area contributed by atoms with Crippen molar-refractivity contribution in [2.75, 3.05) is 0 Å². The Morgan fingerprint density at radius 2 is 1.55 bits per heavy atom. The van der Waals surface area contributed by atoms with E-state index in [1.807, 2.05) is 6.07 Å². The molecule has 1 aromatic rings. The first-order valence-corrected chi connectivity index (χ1v) is 8.96. The van der Waals surface area contributed by atoms with Gasteiger partial charge in [0.15, 0.2) is 0 Å². The number of aliphatic hydroxyl groups excluding tert-OH is 1. The predicted molar refractivity (Wildman–Crippen MR) is 87.8 cm³/mol. The standard InChI is InChI=1S/C17H29BrO2/c1-2-3-4-5-6-7-8-9-10-11-12-16(19)17-15(18)13-14-20-17/h13-14,16,19H,2-12H2,1H3. The van der Waals surface area contributed by atoms with Gasteiger partial charge >= 0.3 is 0 Å². The largest absolute Gasteiger partial charge is 0.465 e. The van der Waals surface area contributed by atoms with Crippen molar-refractivity contribution in [3.63, 3.8) is 0 Å². The molecule has 1 heterocycles. The molecule has 0 aliphatic rings. The molecular weight excluding hydrogens is 316 g/mol. The van der Waals surface area contributed by atoms with Crippen molar-refractivity contribution in [3.05, 3.63) is 22.6 Å². The summed E-state index contributed by atoms with van der Waals surface area (Å²) in [5.74, 6) is 0.668. The fourth-order valence-electron chi connectivity index (χ4n) is 2.50. The number of hydrogen-bond donors (Lipinski definition) is 1. The van der Waals surface area contributed by atoms with E-state index in [1.54, 1.807) is 6.26 Å². The van der Waals surface area contributed by atoms with Gasteiger partial charge in [-0.2, -0.15) is 0 Å². The summed E-state index contributed by atoms with van der Waals surface area (Å²) in [5.41, 5.74) is 0. The highest BCUT2D eigenvalue weighted by Gasteiger charge is 2.13. The van der Waals surface area contributed by atoms with E-state index in [0.29, 0.717) is 5.76 Å². The highest BCUT2D eigenvalue weighted by molar-refractivity contribution is 9.10. The van der Waals surface area contributed by atoms with Crippen molar-refractivity contribution >= 4 is 15.9 Å². The summed E-state index contributed by atoms with van der Waals surface area (Å²) in [6.07, 6.45) is 15.1. The summed E-state index contributed by atoms with van der Waals surface area (Å²) in [6, 6.07) is 1.83. The zero-order chi connectivity index (χ0) is 14.6. The molecule has 0 saturated carbocycles. The van der Waals surface area contributed by atoms with E-state index in [-0.39, 0.29) is 0 Å². The summed E-state index contributed by atoms with van der Waals surface area (Å²) in [7, 11) is 0. The molecule has 1 atom stereocenters. The Morgan fingerprint density at radius 3 is 2.05 bits per heavy atom. The summed E-state index contributed by atoms with van der Waals surface area (Å²) in [5, 5.41) is 9.99. The molecule has 0 aromatic carbocycles. The van der Waals surface area contributed by atoms with Crippen LogP contribution in [0.25, 0.3) is 0 Å². The minimum atomic E-state index is -0.464. The van der Waals surface area contributed by atoms with Gasteiger partial charge in [0.05, 0.1) is 10.7 Å². The number of halogens is 1. The number of rotatable bonds is 12. The second-order valence-electron chi connectivity index (χ2n) is 5.62. The van der Waals surface area contributed by atoms with Gasteiger partial charge in [0.2, 0.25) is 0 Å². The molecule has 0 amide bonds. The fourth-order valence-corrected chi connectivity index (χ4v) is 2.97. The monoisotopic (exact) mass is 344 g/mol. The zero-order valence-corrected chi connectivity index (χ0v) is 14.3. The molecule has 1 rings (SSSR count). The Bertz CT molecular complexity index is 335. The molecular formula is C17H29BrO2. The normalized spacial score (nSPS) is 12.8. The van der Waals surface area contributed by atoms with Crippen LogP contribution in [0.15, 0.2) is 21.2 Å².